The van der Waals surface area contributed by atoms with E-state index >= 15 is 0 Å². The number of ether oxygens (including phenoxy) is 1. The number of aliphatic hydroxyl groups is 1. The van der Waals surface area contributed by atoms with Crippen LogP contribution in [0.1, 0.15) is 13.3 Å². The molecule has 0 amide bonds. The van der Waals surface area contributed by atoms with E-state index in [0.29, 0.717) is 0 Å². The third-order valence-electron chi connectivity index (χ3n) is 2.17. The van der Waals surface area contributed by atoms with Crippen molar-refractivity contribution < 1.29 is 56.6 Å². The van der Waals surface area contributed by atoms with Crippen molar-refractivity contribution in [2.45, 2.75) is 25.6 Å². The predicted octanol–water partition coefficient (Wildman–Crippen LogP) is -3.75. The van der Waals surface area contributed by atoms with E-state index in [1.807, 2.05) is 0 Å². The standard InChI is InChI=1S/C7H14O6S.Na/c1-5-4-12-6(3-8)2-7(5)13-14(9,10)11;/h5-8H,2-4H2,1H3,(H,9,10,11);/q;+1/p-1. The molecule has 1 saturated heterocycles. The van der Waals surface area contributed by atoms with Gasteiger partial charge in [0.25, 0.3) is 0 Å². The fourth-order valence-electron chi connectivity index (χ4n) is 1.37. The first-order valence-corrected chi connectivity index (χ1v) is 5.62. The van der Waals surface area contributed by atoms with E-state index in [2.05, 4.69) is 4.18 Å². The number of rotatable bonds is 3. The third-order valence-corrected chi connectivity index (χ3v) is 2.65. The van der Waals surface area contributed by atoms with Gasteiger partial charge in [-0.1, -0.05) is 6.92 Å². The van der Waals surface area contributed by atoms with E-state index in [1.54, 1.807) is 6.92 Å². The molecule has 1 aliphatic rings. The summed E-state index contributed by atoms with van der Waals surface area (Å²) in [5.41, 5.74) is 0. The summed E-state index contributed by atoms with van der Waals surface area (Å²) in [6.07, 6.45) is -0.916. The summed E-state index contributed by atoms with van der Waals surface area (Å²) in [5.74, 6) is -0.165. The van der Waals surface area contributed by atoms with Crippen LogP contribution in [-0.2, 0) is 19.3 Å². The first kappa shape index (κ1) is 15.8. The maximum absolute atomic E-state index is 10.4. The summed E-state index contributed by atoms with van der Waals surface area (Å²) in [5, 5.41) is 8.79. The zero-order valence-corrected chi connectivity index (χ0v) is 11.6. The van der Waals surface area contributed by atoms with Crippen LogP contribution in [0, 0.1) is 5.92 Å². The molecular formula is C7H13NaO6S. The van der Waals surface area contributed by atoms with Crippen molar-refractivity contribution in [1.82, 2.24) is 0 Å². The summed E-state index contributed by atoms with van der Waals surface area (Å²) in [4.78, 5) is 0. The second-order valence-corrected chi connectivity index (χ2v) is 4.40. The van der Waals surface area contributed by atoms with E-state index < -0.39 is 22.6 Å². The van der Waals surface area contributed by atoms with Crippen LogP contribution < -0.4 is 29.6 Å². The molecule has 0 aliphatic carbocycles. The molecule has 1 heterocycles. The van der Waals surface area contributed by atoms with Crippen LogP contribution in [0.3, 0.4) is 0 Å². The molecule has 1 N–H and O–H groups in total. The van der Waals surface area contributed by atoms with Crippen molar-refractivity contribution in [3.8, 4) is 0 Å². The Labute approximate surface area is 111 Å². The molecule has 8 heteroatoms. The minimum Gasteiger partial charge on any atom is -0.726 e. The Morgan fingerprint density at radius 1 is 1.60 bits per heavy atom. The topological polar surface area (TPSA) is 95.9 Å². The average Bonchev–Trinajstić information content (AvgIpc) is 2.06. The van der Waals surface area contributed by atoms with Gasteiger partial charge in [-0.15, -0.1) is 0 Å². The molecule has 0 saturated carbocycles. The van der Waals surface area contributed by atoms with Crippen molar-refractivity contribution in [2.24, 2.45) is 5.92 Å². The maximum Gasteiger partial charge on any atom is 1.00 e. The Kier molecular flexibility index (Phi) is 6.85. The van der Waals surface area contributed by atoms with E-state index in [1.165, 1.54) is 0 Å². The van der Waals surface area contributed by atoms with E-state index in [4.69, 9.17) is 9.84 Å². The average molecular weight is 248 g/mol. The molecule has 0 radical (unpaired) electrons. The monoisotopic (exact) mass is 248 g/mol. The van der Waals surface area contributed by atoms with Gasteiger partial charge in [-0.3, -0.25) is 4.18 Å². The van der Waals surface area contributed by atoms with Crippen molar-refractivity contribution in [1.29, 1.82) is 0 Å². The summed E-state index contributed by atoms with van der Waals surface area (Å²) in [7, 11) is -4.68. The van der Waals surface area contributed by atoms with Gasteiger partial charge in [0.2, 0.25) is 10.4 Å². The van der Waals surface area contributed by atoms with Gasteiger partial charge in [0.05, 0.1) is 25.4 Å². The molecule has 1 rings (SSSR count). The quantitative estimate of drug-likeness (QED) is 0.313. The van der Waals surface area contributed by atoms with Crippen LogP contribution in [0.4, 0.5) is 0 Å². The van der Waals surface area contributed by atoms with Gasteiger partial charge < -0.3 is 14.4 Å². The van der Waals surface area contributed by atoms with Crippen LogP contribution in [0.2, 0.25) is 0 Å². The van der Waals surface area contributed by atoms with Gasteiger partial charge in [0, 0.05) is 12.3 Å². The molecule has 84 valence electrons. The molecule has 0 aromatic heterocycles. The molecule has 0 aromatic rings. The van der Waals surface area contributed by atoms with Crippen molar-refractivity contribution >= 4 is 10.4 Å². The molecule has 3 atom stereocenters. The fourth-order valence-corrected chi connectivity index (χ4v) is 1.94. The largest absolute Gasteiger partial charge is 1.00 e. The Morgan fingerprint density at radius 3 is 2.67 bits per heavy atom. The zero-order valence-electron chi connectivity index (χ0n) is 8.75. The van der Waals surface area contributed by atoms with Gasteiger partial charge >= 0.3 is 29.6 Å². The Morgan fingerprint density at radius 2 is 2.20 bits per heavy atom. The van der Waals surface area contributed by atoms with Crippen LogP contribution >= 0.6 is 0 Å². The van der Waals surface area contributed by atoms with Crippen LogP contribution in [0.5, 0.6) is 0 Å². The van der Waals surface area contributed by atoms with E-state index in [9.17, 15) is 13.0 Å². The second kappa shape index (κ2) is 6.51. The molecule has 3 unspecified atom stereocenters. The first-order chi connectivity index (χ1) is 6.42. The Bertz CT molecular complexity index is 279. The van der Waals surface area contributed by atoms with Gasteiger partial charge in [-0.05, 0) is 0 Å². The van der Waals surface area contributed by atoms with Gasteiger partial charge in [0.15, 0.2) is 0 Å². The molecule has 6 nitrogen and oxygen atoms in total. The molecular weight excluding hydrogens is 235 g/mol. The SMILES string of the molecule is CC1COC(CO)CC1OS(=O)(=O)[O-].[Na+]. The summed E-state index contributed by atoms with van der Waals surface area (Å²) in [6, 6.07) is 0. The summed E-state index contributed by atoms with van der Waals surface area (Å²) in [6.45, 7) is 1.81. The van der Waals surface area contributed by atoms with E-state index in [-0.39, 0.29) is 55.1 Å². The van der Waals surface area contributed by atoms with Gasteiger partial charge in [-0.25, -0.2) is 8.42 Å². The van der Waals surface area contributed by atoms with E-state index in [0.717, 1.165) is 0 Å². The molecule has 1 fully saturated rings. The zero-order chi connectivity index (χ0) is 10.8. The van der Waals surface area contributed by atoms with Crippen LogP contribution in [-0.4, -0.2) is 43.5 Å². The molecule has 0 spiro atoms. The number of aliphatic hydroxyl groups excluding tert-OH is 1. The van der Waals surface area contributed by atoms with Crippen LogP contribution in [0.15, 0.2) is 0 Å². The Balaban J connectivity index is 0.00000196. The summed E-state index contributed by atoms with van der Waals surface area (Å²) >= 11 is 0. The smallest absolute Gasteiger partial charge is 0.726 e. The normalized spacial score (nSPS) is 32.1. The molecule has 0 bridgehead atoms. The summed E-state index contributed by atoms with van der Waals surface area (Å²) < 4.78 is 40.6. The minimum atomic E-state index is -4.68. The number of hydrogen-bond donors (Lipinski definition) is 1. The fraction of sp³-hybridized carbons (Fsp3) is 1.00. The van der Waals surface area contributed by atoms with Crippen molar-refractivity contribution in [2.75, 3.05) is 13.2 Å². The first-order valence-electron chi connectivity index (χ1n) is 4.29. The molecule has 15 heavy (non-hydrogen) atoms. The van der Waals surface area contributed by atoms with Crippen molar-refractivity contribution in [3.63, 3.8) is 0 Å². The van der Waals surface area contributed by atoms with Gasteiger partial charge in [0.1, 0.15) is 0 Å². The third kappa shape index (κ3) is 5.60. The number of hydrogen-bond acceptors (Lipinski definition) is 6. The van der Waals surface area contributed by atoms with Crippen LogP contribution in [0.25, 0.3) is 0 Å². The maximum atomic E-state index is 10.4. The molecule has 1 aliphatic heterocycles. The predicted molar refractivity (Wildman–Crippen MR) is 45.2 cm³/mol. The second-order valence-electron chi connectivity index (χ2n) is 3.39. The Hall–Kier alpha value is 0.790. The minimum absolute atomic E-state index is 0. The molecule has 0 aromatic carbocycles. The van der Waals surface area contributed by atoms with Crippen molar-refractivity contribution in [3.05, 3.63) is 0 Å². The van der Waals surface area contributed by atoms with Gasteiger partial charge in [-0.2, -0.15) is 0 Å².